The molecule has 1 aliphatic rings. The predicted octanol–water partition coefficient (Wildman–Crippen LogP) is 5.71. The van der Waals surface area contributed by atoms with E-state index in [0.717, 1.165) is 17.3 Å². The molecule has 0 bridgehead atoms. The maximum absolute atomic E-state index is 13.2. The second-order valence-corrected chi connectivity index (χ2v) is 9.41. The second-order valence-electron chi connectivity index (χ2n) is 7.98. The Balaban J connectivity index is 1.70. The third-order valence-electron chi connectivity index (χ3n) is 5.62. The molecule has 1 aliphatic heterocycles. The lowest BCUT2D eigenvalue weighted by molar-refractivity contribution is -0.138. The molecule has 1 atom stereocenters. The minimum atomic E-state index is -0.830. The summed E-state index contributed by atoms with van der Waals surface area (Å²) in [7, 11) is 1.50. The third kappa shape index (κ3) is 5.88. The SMILES string of the molecule is CCOC(=O)C1=C(c2ccccc2)NC(SCC(=O)Nc2cc(Cl)ccc2OC)=C(C#N)[C@H]1c1ccco1. The van der Waals surface area contributed by atoms with Gasteiger partial charge >= 0.3 is 5.97 Å². The first-order chi connectivity index (χ1) is 18.5. The molecule has 194 valence electrons. The fourth-order valence-corrected chi connectivity index (χ4v) is 5.01. The van der Waals surface area contributed by atoms with Crippen molar-refractivity contribution in [2.24, 2.45) is 0 Å². The lowest BCUT2D eigenvalue weighted by atomic mass is 9.84. The Labute approximate surface area is 229 Å². The quantitative estimate of drug-likeness (QED) is 0.326. The number of nitrogens with zero attached hydrogens (tertiary/aromatic N) is 1. The summed E-state index contributed by atoms with van der Waals surface area (Å²) in [6.45, 7) is 1.88. The first-order valence-electron chi connectivity index (χ1n) is 11.6. The number of nitriles is 1. The van der Waals surface area contributed by atoms with Crippen molar-refractivity contribution in [3.63, 3.8) is 0 Å². The van der Waals surface area contributed by atoms with Crippen LogP contribution in [-0.4, -0.2) is 31.3 Å². The molecule has 2 heterocycles. The van der Waals surface area contributed by atoms with Crippen LogP contribution in [0, 0.1) is 11.3 Å². The number of allylic oxidation sites excluding steroid dienone is 1. The van der Waals surface area contributed by atoms with Gasteiger partial charge in [0.25, 0.3) is 0 Å². The van der Waals surface area contributed by atoms with Crippen molar-refractivity contribution in [3.8, 4) is 11.8 Å². The summed E-state index contributed by atoms with van der Waals surface area (Å²) in [5.41, 5.74) is 2.11. The zero-order valence-electron chi connectivity index (χ0n) is 20.6. The van der Waals surface area contributed by atoms with Gasteiger partial charge in [-0.3, -0.25) is 4.79 Å². The maximum atomic E-state index is 13.2. The van der Waals surface area contributed by atoms with E-state index in [1.165, 1.54) is 13.4 Å². The van der Waals surface area contributed by atoms with E-state index in [2.05, 4.69) is 16.7 Å². The van der Waals surface area contributed by atoms with Crippen LogP contribution in [0.3, 0.4) is 0 Å². The van der Waals surface area contributed by atoms with Crippen molar-refractivity contribution < 1.29 is 23.5 Å². The number of thioether (sulfide) groups is 1. The number of carbonyl (C=O) groups excluding carboxylic acids is 2. The van der Waals surface area contributed by atoms with Crippen molar-refractivity contribution in [1.82, 2.24) is 5.32 Å². The Morgan fingerprint density at radius 3 is 2.63 bits per heavy atom. The summed E-state index contributed by atoms with van der Waals surface area (Å²) in [5, 5.41) is 17.1. The van der Waals surface area contributed by atoms with Gasteiger partial charge in [-0.15, -0.1) is 0 Å². The molecule has 38 heavy (non-hydrogen) atoms. The molecule has 2 N–H and O–H groups in total. The zero-order chi connectivity index (χ0) is 27.1. The maximum Gasteiger partial charge on any atom is 0.337 e. The Hall–Kier alpha value is -4.13. The van der Waals surface area contributed by atoms with E-state index in [1.807, 2.05) is 30.3 Å². The summed E-state index contributed by atoms with van der Waals surface area (Å²) in [6.07, 6.45) is 1.48. The highest BCUT2D eigenvalue weighted by molar-refractivity contribution is 8.03. The minimum Gasteiger partial charge on any atom is -0.495 e. The number of hydrogen-bond donors (Lipinski definition) is 2. The first kappa shape index (κ1) is 26.9. The fourth-order valence-electron chi connectivity index (χ4n) is 4.00. The average molecular weight is 550 g/mol. The van der Waals surface area contributed by atoms with Gasteiger partial charge in [0.2, 0.25) is 5.91 Å². The number of rotatable bonds is 9. The van der Waals surface area contributed by atoms with Crippen LogP contribution in [0.1, 0.15) is 24.2 Å². The van der Waals surface area contributed by atoms with Crippen molar-refractivity contribution in [2.45, 2.75) is 12.8 Å². The van der Waals surface area contributed by atoms with Gasteiger partial charge in [-0.1, -0.05) is 53.7 Å². The first-order valence-corrected chi connectivity index (χ1v) is 13.0. The van der Waals surface area contributed by atoms with Gasteiger partial charge in [0.1, 0.15) is 11.5 Å². The van der Waals surface area contributed by atoms with Crippen LogP contribution in [0.4, 0.5) is 5.69 Å². The van der Waals surface area contributed by atoms with Crippen LogP contribution in [0.25, 0.3) is 5.70 Å². The third-order valence-corrected chi connectivity index (χ3v) is 6.87. The summed E-state index contributed by atoms with van der Waals surface area (Å²) in [4.78, 5) is 26.1. The smallest absolute Gasteiger partial charge is 0.337 e. The van der Waals surface area contributed by atoms with Crippen LogP contribution >= 0.6 is 23.4 Å². The van der Waals surface area contributed by atoms with Crippen LogP contribution in [0.2, 0.25) is 5.02 Å². The molecule has 1 aromatic heterocycles. The minimum absolute atomic E-state index is 0.0368. The van der Waals surface area contributed by atoms with E-state index in [4.69, 9.17) is 25.5 Å². The second kappa shape index (κ2) is 12.4. The Morgan fingerprint density at radius 1 is 1.18 bits per heavy atom. The highest BCUT2D eigenvalue weighted by Gasteiger charge is 2.39. The molecule has 2 aromatic carbocycles. The Morgan fingerprint density at radius 2 is 1.97 bits per heavy atom. The Kier molecular flexibility index (Phi) is 8.79. The number of methoxy groups -OCH3 is 1. The molecule has 0 spiro atoms. The number of anilines is 1. The lowest BCUT2D eigenvalue weighted by Gasteiger charge is -2.29. The monoisotopic (exact) mass is 549 g/mol. The van der Waals surface area contributed by atoms with Gasteiger partial charge < -0.3 is 24.5 Å². The van der Waals surface area contributed by atoms with Gasteiger partial charge in [0.05, 0.1) is 65.3 Å². The molecular formula is C28H24ClN3O5S. The van der Waals surface area contributed by atoms with E-state index in [1.54, 1.807) is 37.3 Å². The number of halogens is 1. The van der Waals surface area contributed by atoms with E-state index >= 15 is 0 Å². The van der Waals surface area contributed by atoms with Gasteiger partial charge in [-0.05, 0) is 42.8 Å². The van der Waals surface area contributed by atoms with Crippen molar-refractivity contribution in [1.29, 1.82) is 5.26 Å². The van der Waals surface area contributed by atoms with Crippen molar-refractivity contribution in [3.05, 3.63) is 99.4 Å². The summed E-state index contributed by atoms with van der Waals surface area (Å²) >= 11 is 7.21. The lowest BCUT2D eigenvalue weighted by Crippen LogP contribution is -2.29. The average Bonchev–Trinajstić information content (AvgIpc) is 3.46. The molecule has 0 unspecified atom stereocenters. The molecule has 3 aromatic rings. The van der Waals surface area contributed by atoms with E-state index in [-0.39, 0.29) is 29.4 Å². The molecule has 0 fully saturated rings. The largest absolute Gasteiger partial charge is 0.495 e. The normalized spacial score (nSPS) is 14.9. The fraction of sp³-hybridized carbons (Fsp3) is 0.179. The van der Waals surface area contributed by atoms with Crippen LogP contribution in [-0.2, 0) is 14.3 Å². The molecule has 0 saturated heterocycles. The topological polar surface area (TPSA) is 114 Å². The molecule has 8 nitrogen and oxygen atoms in total. The number of ether oxygens (including phenoxy) is 2. The highest BCUT2D eigenvalue weighted by atomic mass is 35.5. The van der Waals surface area contributed by atoms with E-state index in [0.29, 0.717) is 32.9 Å². The number of amides is 1. The van der Waals surface area contributed by atoms with Crippen LogP contribution in [0.5, 0.6) is 5.75 Å². The molecule has 0 aliphatic carbocycles. The summed E-state index contributed by atoms with van der Waals surface area (Å²) in [5.74, 6) is -0.896. The number of hydrogen-bond acceptors (Lipinski definition) is 8. The van der Waals surface area contributed by atoms with Crippen molar-refractivity contribution in [2.75, 3.05) is 24.8 Å². The van der Waals surface area contributed by atoms with Crippen molar-refractivity contribution >= 4 is 46.6 Å². The van der Waals surface area contributed by atoms with Gasteiger partial charge in [-0.2, -0.15) is 5.26 Å². The molecule has 10 heteroatoms. The molecule has 0 radical (unpaired) electrons. The number of dihydropyridines is 1. The van der Waals surface area contributed by atoms with Gasteiger partial charge in [-0.25, -0.2) is 4.79 Å². The number of furan rings is 1. The summed E-state index contributed by atoms with van der Waals surface area (Å²) < 4.78 is 16.3. The molecule has 0 saturated carbocycles. The Bertz CT molecular complexity index is 1430. The van der Waals surface area contributed by atoms with Crippen LogP contribution < -0.4 is 15.4 Å². The zero-order valence-corrected chi connectivity index (χ0v) is 22.2. The van der Waals surface area contributed by atoms with Crippen LogP contribution in [0.15, 0.2) is 87.5 Å². The molecular weight excluding hydrogens is 526 g/mol. The van der Waals surface area contributed by atoms with E-state index < -0.39 is 11.9 Å². The standard InChI is InChI=1S/C28H24ClN3O5S/c1-3-36-28(34)25-24(22-10-7-13-37-22)19(15-30)27(32-26(25)17-8-5-4-6-9-17)38-16-23(33)31-20-14-18(29)11-12-21(20)35-2/h4-14,24,32H,3,16H2,1-2H3,(H,31,33)/t24-/m0/s1. The van der Waals surface area contributed by atoms with Gasteiger partial charge in [0, 0.05) is 5.02 Å². The summed E-state index contributed by atoms with van der Waals surface area (Å²) in [6, 6.07) is 19.8. The van der Waals surface area contributed by atoms with Gasteiger partial charge in [0.15, 0.2) is 0 Å². The predicted molar refractivity (Wildman–Crippen MR) is 146 cm³/mol. The van der Waals surface area contributed by atoms with E-state index in [9.17, 15) is 14.9 Å². The highest BCUT2D eigenvalue weighted by Crippen LogP contribution is 2.43. The number of nitrogens with one attached hydrogen (secondary N) is 2. The number of carbonyl (C=O) groups is 2. The molecule has 1 amide bonds. The number of esters is 1. The number of benzene rings is 2. The molecule has 4 rings (SSSR count).